The molecule has 0 aromatic heterocycles. The predicted octanol–water partition coefficient (Wildman–Crippen LogP) is 0.342. The van der Waals surface area contributed by atoms with Gasteiger partial charge in [-0.15, -0.1) is 0 Å². The van der Waals surface area contributed by atoms with Crippen molar-refractivity contribution in [2.24, 2.45) is 0 Å². The van der Waals surface area contributed by atoms with Gasteiger partial charge in [-0.3, -0.25) is 4.79 Å². The van der Waals surface area contributed by atoms with Crippen LogP contribution in [0.3, 0.4) is 0 Å². The molecule has 0 saturated heterocycles. The Morgan fingerprint density at radius 2 is 1.18 bits per heavy atom. The molecule has 4 heteroatoms. The van der Waals surface area contributed by atoms with Gasteiger partial charge in [0.1, 0.15) is 0 Å². The Hall–Kier alpha value is 1.21. The Kier molecular flexibility index (Phi) is 31.2. The first-order valence-corrected chi connectivity index (χ1v) is 8.64. The predicted molar refractivity (Wildman–Crippen MR) is 89.3 cm³/mol. The molecule has 0 atom stereocenters. The first kappa shape index (κ1) is 28.0. The second kappa shape index (κ2) is 24.5. The molecule has 1 N–H and O–H groups in total. The Bertz CT molecular complexity index is 253. The summed E-state index contributed by atoms with van der Waals surface area (Å²) in [5.41, 5.74) is 0. The van der Waals surface area contributed by atoms with Gasteiger partial charge in [0.05, 0.1) is 0 Å². The number of allylic oxidation sites excluding steroid dienone is 2. The van der Waals surface area contributed by atoms with E-state index in [1.165, 1.54) is 70.6 Å². The van der Waals surface area contributed by atoms with E-state index in [1.54, 1.807) is 0 Å². The van der Waals surface area contributed by atoms with E-state index in [-0.39, 0.29) is 62.0 Å². The Balaban J connectivity index is -0.000000301. The standard InChI is InChI=1S/C18H34O2.2Na.2H/c1-2-3-4-5-6-7-8-9-10-11-12-13-14-15-16-17-18(19)20;;;;/h9-10H,2-8,11-17H2,1H3,(H,19,20);;;;/q;2*+1;2*-1. The van der Waals surface area contributed by atoms with Crippen molar-refractivity contribution in [2.45, 2.75) is 96.8 Å². The van der Waals surface area contributed by atoms with Crippen molar-refractivity contribution < 1.29 is 71.9 Å². The number of hydrogen-bond donors (Lipinski definition) is 1. The van der Waals surface area contributed by atoms with Crippen LogP contribution in [0.5, 0.6) is 0 Å². The monoisotopic (exact) mass is 330 g/mol. The van der Waals surface area contributed by atoms with Crippen molar-refractivity contribution in [3.8, 4) is 0 Å². The minimum Gasteiger partial charge on any atom is -1.00 e. The van der Waals surface area contributed by atoms with Gasteiger partial charge in [0.2, 0.25) is 0 Å². The summed E-state index contributed by atoms with van der Waals surface area (Å²) in [4.78, 5) is 10.3. The molecule has 0 spiro atoms. The molecule has 122 valence electrons. The molecule has 0 unspecified atom stereocenters. The smallest absolute Gasteiger partial charge is 1.00 e. The average Bonchev–Trinajstić information content (AvgIpc) is 2.43. The summed E-state index contributed by atoms with van der Waals surface area (Å²) in [5.74, 6) is -0.664. The van der Waals surface area contributed by atoms with Gasteiger partial charge in [-0.05, 0) is 32.1 Å². The molecule has 0 amide bonds. The number of carbonyl (C=O) groups is 1. The number of carboxylic acids is 1. The van der Waals surface area contributed by atoms with Gasteiger partial charge in [0, 0.05) is 6.42 Å². The third-order valence-electron chi connectivity index (χ3n) is 3.65. The van der Waals surface area contributed by atoms with Crippen molar-refractivity contribution in [1.29, 1.82) is 0 Å². The molecule has 0 fully saturated rings. The summed E-state index contributed by atoms with van der Waals surface area (Å²) in [5, 5.41) is 8.51. The van der Waals surface area contributed by atoms with Crippen LogP contribution in [0.2, 0.25) is 0 Å². The first-order valence-electron chi connectivity index (χ1n) is 8.64. The molecule has 0 bridgehead atoms. The molecule has 0 rings (SSSR count). The summed E-state index contributed by atoms with van der Waals surface area (Å²) >= 11 is 0. The quantitative estimate of drug-likeness (QED) is 0.267. The van der Waals surface area contributed by atoms with E-state index in [4.69, 9.17) is 5.11 Å². The number of aliphatic carboxylic acids is 1. The Morgan fingerprint density at radius 3 is 1.64 bits per heavy atom. The van der Waals surface area contributed by atoms with Crippen LogP contribution >= 0.6 is 0 Å². The molecule has 2 nitrogen and oxygen atoms in total. The van der Waals surface area contributed by atoms with Crippen LogP contribution in [0, 0.1) is 0 Å². The Labute approximate surface area is 185 Å². The van der Waals surface area contributed by atoms with E-state index < -0.39 is 5.97 Å². The molecule has 0 radical (unpaired) electrons. The van der Waals surface area contributed by atoms with E-state index >= 15 is 0 Å². The van der Waals surface area contributed by atoms with E-state index in [2.05, 4.69) is 19.1 Å². The van der Waals surface area contributed by atoms with Crippen molar-refractivity contribution in [3.63, 3.8) is 0 Å². The molecule has 0 aromatic carbocycles. The van der Waals surface area contributed by atoms with Crippen molar-refractivity contribution in [3.05, 3.63) is 12.2 Å². The topological polar surface area (TPSA) is 37.3 Å². The van der Waals surface area contributed by atoms with Gasteiger partial charge in [-0.1, -0.05) is 70.4 Å². The maximum atomic E-state index is 10.3. The van der Waals surface area contributed by atoms with Crippen LogP contribution in [-0.4, -0.2) is 11.1 Å². The summed E-state index contributed by atoms with van der Waals surface area (Å²) in [6, 6.07) is 0. The molecular formula is C18H36Na2O2. The molecule has 0 aromatic rings. The van der Waals surface area contributed by atoms with Crippen LogP contribution < -0.4 is 59.1 Å². The molecule has 0 saturated carbocycles. The van der Waals surface area contributed by atoms with Gasteiger partial charge < -0.3 is 7.96 Å². The number of unbranched alkanes of at least 4 members (excludes halogenated alkanes) is 11. The molecule has 0 aliphatic rings. The fourth-order valence-corrected chi connectivity index (χ4v) is 2.35. The first-order chi connectivity index (χ1) is 9.77. The third-order valence-corrected chi connectivity index (χ3v) is 3.65. The molecule has 22 heavy (non-hydrogen) atoms. The van der Waals surface area contributed by atoms with Crippen molar-refractivity contribution >= 4 is 5.97 Å². The van der Waals surface area contributed by atoms with Crippen LogP contribution in [0.25, 0.3) is 0 Å². The van der Waals surface area contributed by atoms with Gasteiger partial charge in [-0.25, -0.2) is 0 Å². The maximum Gasteiger partial charge on any atom is 1.00 e. The van der Waals surface area contributed by atoms with Crippen molar-refractivity contribution in [1.82, 2.24) is 0 Å². The second-order valence-electron chi connectivity index (χ2n) is 5.73. The van der Waals surface area contributed by atoms with E-state index in [0.29, 0.717) is 6.42 Å². The second-order valence-corrected chi connectivity index (χ2v) is 5.73. The van der Waals surface area contributed by atoms with E-state index in [0.717, 1.165) is 12.8 Å². The SMILES string of the molecule is CCCCCCCCC=CCCCCCCCC(=O)O.[H-].[H-].[Na+].[Na+]. The number of hydrogen-bond acceptors (Lipinski definition) is 1. The fraction of sp³-hybridized carbons (Fsp3) is 0.833. The van der Waals surface area contributed by atoms with Gasteiger partial charge in [0.15, 0.2) is 0 Å². The fourth-order valence-electron chi connectivity index (χ4n) is 2.35. The van der Waals surface area contributed by atoms with Crippen LogP contribution in [0.1, 0.15) is 99.7 Å². The third kappa shape index (κ3) is 26.1. The zero-order valence-electron chi connectivity index (χ0n) is 17.4. The van der Waals surface area contributed by atoms with E-state index in [1.807, 2.05) is 0 Å². The minimum atomic E-state index is -0.664. The zero-order valence-corrected chi connectivity index (χ0v) is 19.4. The maximum absolute atomic E-state index is 10.3. The van der Waals surface area contributed by atoms with Crippen LogP contribution in [-0.2, 0) is 4.79 Å². The van der Waals surface area contributed by atoms with Crippen molar-refractivity contribution in [2.75, 3.05) is 0 Å². The summed E-state index contributed by atoms with van der Waals surface area (Å²) < 4.78 is 0. The minimum absolute atomic E-state index is 0. The van der Waals surface area contributed by atoms with Crippen LogP contribution in [0.4, 0.5) is 0 Å². The number of carboxylic acid groups (broad SMARTS) is 1. The molecule has 0 aliphatic carbocycles. The van der Waals surface area contributed by atoms with Crippen LogP contribution in [0.15, 0.2) is 12.2 Å². The van der Waals surface area contributed by atoms with Gasteiger partial charge >= 0.3 is 65.1 Å². The van der Waals surface area contributed by atoms with E-state index in [9.17, 15) is 4.79 Å². The average molecular weight is 330 g/mol. The summed E-state index contributed by atoms with van der Waals surface area (Å²) in [6.45, 7) is 2.26. The largest absolute Gasteiger partial charge is 1.00 e. The molecule has 0 aliphatic heterocycles. The summed E-state index contributed by atoms with van der Waals surface area (Å²) in [7, 11) is 0. The molecular weight excluding hydrogens is 294 g/mol. The van der Waals surface area contributed by atoms with Gasteiger partial charge in [-0.2, -0.15) is 0 Å². The van der Waals surface area contributed by atoms with Gasteiger partial charge in [0.25, 0.3) is 0 Å². The zero-order chi connectivity index (χ0) is 14.9. The number of rotatable bonds is 15. The summed E-state index contributed by atoms with van der Waals surface area (Å²) in [6.07, 6.45) is 21.2. The molecule has 0 heterocycles. The normalized spacial score (nSPS) is 10.2. The Morgan fingerprint density at radius 1 is 0.773 bits per heavy atom.